The lowest BCUT2D eigenvalue weighted by molar-refractivity contribution is 0.423. The highest BCUT2D eigenvalue weighted by atomic mass is 19.1. The Morgan fingerprint density at radius 2 is 1.89 bits per heavy atom. The van der Waals surface area contributed by atoms with Gasteiger partial charge in [0, 0.05) is 37.7 Å². The van der Waals surface area contributed by atoms with Gasteiger partial charge in [-0.05, 0) is 30.2 Å². The molecule has 3 aromatic rings. The van der Waals surface area contributed by atoms with Crippen LogP contribution in [0, 0.1) is 5.82 Å². The van der Waals surface area contributed by atoms with E-state index in [0.717, 1.165) is 18.4 Å². The molecule has 0 fully saturated rings. The summed E-state index contributed by atoms with van der Waals surface area (Å²) < 4.78 is 18.9. The summed E-state index contributed by atoms with van der Waals surface area (Å²) in [5, 5.41) is 10.3. The van der Waals surface area contributed by atoms with Crippen molar-refractivity contribution in [1.82, 2.24) is 20.8 Å². The second kappa shape index (κ2) is 9.64. The first kappa shape index (κ1) is 19.5. The van der Waals surface area contributed by atoms with E-state index in [1.54, 1.807) is 19.2 Å². The van der Waals surface area contributed by atoms with Gasteiger partial charge in [0.15, 0.2) is 11.8 Å². The van der Waals surface area contributed by atoms with Gasteiger partial charge in [-0.25, -0.2) is 4.39 Å². The molecular weight excluding hydrogens is 357 g/mol. The third kappa shape index (κ3) is 5.16. The number of halogens is 1. The molecule has 0 saturated heterocycles. The summed E-state index contributed by atoms with van der Waals surface area (Å²) >= 11 is 0. The molecule has 0 bridgehead atoms. The molecule has 1 aromatic heterocycles. The Bertz CT molecular complexity index is 921. The molecule has 1 heterocycles. The van der Waals surface area contributed by atoms with Crippen LogP contribution >= 0.6 is 0 Å². The molecule has 0 aliphatic carbocycles. The molecule has 0 aliphatic rings. The standard InChI is InChI=1S/C21H24FN5O/c1-3-19-26-20(28-27-19)16-10-8-15(9-11-16)12-13-24-21(23-2)25-14-17-6-4-5-7-18(17)22/h4-11H,3,12-14H2,1-2H3,(H2,23,24,25). The van der Waals surface area contributed by atoms with Crippen molar-refractivity contribution in [3.63, 3.8) is 0 Å². The zero-order chi connectivity index (χ0) is 19.8. The van der Waals surface area contributed by atoms with Crippen molar-refractivity contribution in [2.24, 2.45) is 4.99 Å². The minimum atomic E-state index is -0.224. The largest absolute Gasteiger partial charge is 0.356 e. The second-order valence-electron chi connectivity index (χ2n) is 6.26. The smallest absolute Gasteiger partial charge is 0.257 e. The maximum Gasteiger partial charge on any atom is 0.257 e. The Kier molecular flexibility index (Phi) is 6.73. The molecule has 7 heteroatoms. The highest BCUT2D eigenvalue weighted by Gasteiger charge is 2.07. The second-order valence-corrected chi connectivity index (χ2v) is 6.26. The molecule has 28 heavy (non-hydrogen) atoms. The highest BCUT2D eigenvalue weighted by Crippen LogP contribution is 2.18. The van der Waals surface area contributed by atoms with E-state index in [9.17, 15) is 4.39 Å². The Hall–Kier alpha value is -3.22. The number of aliphatic imine (C=N–C) groups is 1. The van der Waals surface area contributed by atoms with Crippen LogP contribution in [0.25, 0.3) is 11.5 Å². The van der Waals surface area contributed by atoms with Gasteiger partial charge in [0.05, 0.1) is 0 Å². The van der Waals surface area contributed by atoms with E-state index < -0.39 is 0 Å². The minimum Gasteiger partial charge on any atom is -0.356 e. The summed E-state index contributed by atoms with van der Waals surface area (Å²) in [5.74, 6) is 1.66. The van der Waals surface area contributed by atoms with Crippen LogP contribution in [-0.2, 0) is 19.4 Å². The quantitative estimate of drug-likeness (QED) is 0.485. The molecule has 0 amide bonds. The number of aryl methyl sites for hydroxylation is 1. The van der Waals surface area contributed by atoms with Crippen LogP contribution in [0.4, 0.5) is 4.39 Å². The van der Waals surface area contributed by atoms with Gasteiger partial charge in [0.25, 0.3) is 5.89 Å². The first-order valence-electron chi connectivity index (χ1n) is 9.29. The van der Waals surface area contributed by atoms with Crippen LogP contribution in [0.15, 0.2) is 58.0 Å². The lowest BCUT2D eigenvalue weighted by Gasteiger charge is -2.12. The van der Waals surface area contributed by atoms with E-state index in [2.05, 4.69) is 25.8 Å². The van der Waals surface area contributed by atoms with Gasteiger partial charge in [0.2, 0.25) is 0 Å². The van der Waals surface area contributed by atoms with Crippen molar-refractivity contribution >= 4 is 5.96 Å². The van der Waals surface area contributed by atoms with Gasteiger partial charge in [-0.3, -0.25) is 4.99 Å². The van der Waals surface area contributed by atoms with Gasteiger partial charge in [0.1, 0.15) is 5.82 Å². The number of guanidine groups is 1. The predicted octanol–water partition coefficient (Wildman–Crippen LogP) is 3.35. The van der Waals surface area contributed by atoms with Crippen LogP contribution in [0.3, 0.4) is 0 Å². The van der Waals surface area contributed by atoms with Gasteiger partial charge < -0.3 is 15.2 Å². The van der Waals surface area contributed by atoms with Crippen LogP contribution < -0.4 is 10.6 Å². The van der Waals surface area contributed by atoms with E-state index in [4.69, 9.17) is 4.52 Å². The molecule has 0 radical (unpaired) electrons. The lowest BCUT2D eigenvalue weighted by Crippen LogP contribution is -2.38. The Balaban J connectivity index is 1.47. The maximum atomic E-state index is 13.7. The minimum absolute atomic E-state index is 0.224. The lowest BCUT2D eigenvalue weighted by atomic mass is 10.1. The number of nitrogens with one attached hydrogen (secondary N) is 2. The number of hydrogen-bond donors (Lipinski definition) is 2. The Labute approximate surface area is 163 Å². The van der Waals surface area contributed by atoms with Crippen LogP contribution in [0.1, 0.15) is 23.9 Å². The van der Waals surface area contributed by atoms with Gasteiger partial charge in [-0.2, -0.15) is 4.98 Å². The molecular formula is C21H24FN5O. The first-order valence-corrected chi connectivity index (χ1v) is 9.29. The number of nitrogens with zero attached hydrogens (tertiary/aromatic N) is 3. The molecule has 2 N–H and O–H groups in total. The Morgan fingerprint density at radius 1 is 1.11 bits per heavy atom. The molecule has 0 aliphatic heterocycles. The summed E-state index contributed by atoms with van der Waals surface area (Å²) in [6, 6.07) is 14.7. The van der Waals surface area contributed by atoms with Gasteiger partial charge in [-0.15, -0.1) is 0 Å². The normalized spacial score (nSPS) is 11.5. The van der Waals surface area contributed by atoms with E-state index >= 15 is 0 Å². The fourth-order valence-corrected chi connectivity index (χ4v) is 2.70. The summed E-state index contributed by atoms with van der Waals surface area (Å²) in [4.78, 5) is 8.51. The van der Waals surface area contributed by atoms with Gasteiger partial charge >= 0.3 is 0 Å². The molecule has 0 atom stereocenters. The van der Waals surface area contributed by atoms with Crippen molar-refractivity contribution in [2.45, 2.75) is 26.3 Å². The average molecular weight is 381 g/mol. The summed E-state index contributed by atoms with van der Waals surface area (Å²) in [5.41, 5.74) is 2.69. The zero-order valence-corrected chi connectivity index (χ0v) is 16.1. The number of benzene rings is 2. The van der Waals surface area contributed by atoms with Crippen molar-refractivity contribution in [2.75, 3.05) is 13.6 Å². The summed E-state index contributed by atoms with van der Waals surface area (Å²) in [6.07, 6.45) is 1.57. The van der Waals surface area contributed by atoms with Crippen molar-refractivity contribution in [3.05, 3.63) is 71.3 Å². The molecule has 146 valence electrons. The summed E-state index contributed by atoms with van der Waals surface area (Å²) in [7, 11) is 1.69. The Morgan fingerprint density at radius 3 is 2.57 bits per heavy atom. The van der Waals surface area contributed by atoms with E-state index in [1.165, 1.54) is 11.6 Å². The number of rotatable bonds is 7. The van der Waals surface area contributed by atoms with Crippen LogP contribution in [0.2, 0.25) is 0 Å². The van der Waals surface area contributed by atoms with Crippen molar-refractivity contribution < 1.29 is 8.91 Å². The zero-order valence-electron chi connectivity index (χ0n) is 16.1. The van der Waals surface area contributed by atoms with Crippen molar-refractivity contribution in [3.8, 4) is 11.5 Å². The maximum absolute atomic E-state index is 13.7. The molecule has 0 saturated carbocycles. The molecule has 0 spiro atoms. The van der Waals surface area contributed by atoms with Crippen LogP contribution in [-0.4, -0.2) is 29.7 Å². The van der Waals surface area contributed by atoms with Crippen LogP contribution in [0.5, 0.6) is 0 Å². The third-order valence-corrected chi connectivity index (χ3v) is 4.32. The SMILES string of the molecule is CCc1noc(-c2ccc(CCNC(=NC)NCc3ccccc3F)cc2)n1. The van der Waals surface area contributed by atoms with E-state index in [0.29, 0.717) is 36.3 Å². The van der Waals surface area contributed by atoms with Gasteiger partial charge in [-0.1, -0.05) is 42.4 Å². The fourth-order valence-electron chi connectivity index (χ4n) is 2.70. The topological polar surface area (TPSA) is 75.3 Å². The number of hydrogen-bond acceptors (Lipinski definition) is 4. The monoisotopic (exact) mass is 381 g/mol. The summed E-state index contributed by atoms with van der Waals surface area (Å²) in [6.45, 7) is 3.08. The number of aromatic nitrogens is 2. The predicted molar refractivity (Wildman–Crippen MR) is 107 cm³/mol. The molecule has 3 rings (SSSR count). The van der Waals surface area contributed by atoms with Crippen molar-refractivity contribution in [1.29, 1.82) is 0 Å². The molecule has 0 unspecified atom stereocenters. The third-order valence-electron chi connectivity index (χ3n) is 4.32. The highest BCUT2D eigenvalue weighted by molar-refractivity contribution is 5.79. The van der Waals surface area contributed by atoms with E-state index in [-0.39, 0.29) is 5.82 Å². The molecule has 2 aromatic carbocycles. The first-order chi connectivity index (χ1) is 13.7. The van der Waals surface area contributed by atoms with E-state index in [1.807, 2.05) is 37.3 Å². The molecule has 6 nitrogen and oxygen atoms in total. The fraction of sp³-hybridized carbons (Fsp3) is 0.286. The average Bonchev–Trinajstić information content (AvgIpc) is 3.21.